The summed E-state index contributed by atoms with van der Waals surface area (Å²) in [5.41, 5.74) is 2.59. The third-order valence-electron chi connectivity index (χ3n) is 7.93. The summed E-state index contributed by atoms with van der Waals surface area (Å²) in [5.74, 6) is -2.09. The van der Waals surface area contributed by atoms with Gasteiger partial charge >= 0.3 is 0 Å². The van der Waals surface area contributed by atoms with Gasteiger partial charge < -0.3 is 10.6 Å². The van der Waals surface area contributed by atoms with Gasteiger partial charge in [0.2, 0.25) is 5.82 Å². The Labute approximate surface area is 224 Å². The number of rotatable bonds is 9. The second kappa shape index (κ2) is 11.4. The van der Waals surface area contributed by atoms with E-state index in [1.807, 2.05) is 39.0 Å². The average molecular weight is 525 g/mol. The van der Waals surface area contributed by atoms with Crippen LogP contribution in [-0.4, -0.2) is 55.5 Å². The van der Waals surface area contributed by atoms with Crippen molar-refractivity contribution in [1.29, 1.82) is 0 Å². The SMILES string of the molecule is C/C=C\CN=C(NC(=O)C1=CC=C1)/C(CC)=C(\C)c1cc(C(F)(F)CC)cc([N+]2(C)CC3CCC(C2)N3)n1. The van der Waals surface area contributed by atoms with Crippen LogP contribution in [0.25, 0.3) is 5.57 Å². The Bertz CT molecular complexity index is 1210. The lowest BCUT2D eigenvalue weighted by molar-refractivity contribution is -0.115. The first-order valence-corrected chi connectivity index (χ1v) is 13.7. The molecule has 38 heavy (non-hydrogen) atoms. The number of carbonyl (C=O) groups excluding carboxylic acids is 1. The van der Waals surface area contributed by atoms with Gasteiger partial charge in [0, 0.05) is 23.6 Å². The van der Waals surface area contributed by atoms with Gasteiger partial charge in [-0.2, -0.15) is 4.98 Å². The monoisotopic (exact) mass is 524 g/mol. The summed E-state index contributed by atoms with van der Waals surface area (Å²) >= 11 is 0. The second-order valence-corrected chi connectivity index (χ2v) is 10.7. The number of quaternary nitrogens is 1. The summed E-state index contributed by atoms with van der Waals surface area (Å²) in [7, 11) is 2.11. The molecule has 3 heterocycles. The van der Waals surface area contributed by atoms with E-state index in [2.05, 4.69) is 22.7 Å². The molecular formula is C30H40F2N5O+. The summed E-state index contributed by atoms with van der Waals surface area (Å²) in [6.07, 6.45) is 11.6. The minimum Gasteiger partial charge on any atom is -0.307 e. The van der Waals surface area contributed by atoms with Crippen molar-refractivity contribution in [3.8, 4) is 0 Å². The molecule has 204 valence electrons. The lowest BCUT2D eigenvalue weighted by Crippen LogP contribution is -2.62. The van der Waals surface area contributed by atoms with E-state index >= 15 is 8.78 Å². The number of halogens is 2. The van der Waals surface area contributed by atoms with E-state index in [-0.39, 0.29) is 17.9 Å². The average Bonchev–Trinajstić information content (AvgIpc) is 3.21. The minimum atomic E-state index is -2.97. The van der Waals surface area contributed by atoms with Crippen molar-refractivity contribution >= 4 is 23.1 Å². The first kappa shape index (κ1) is 28.0. The van der Waals surface area contributed by atoms with Crippen LogP contribution in [-0.2, 0) is 10.7 Å². The number of aromatic nitrogens is 1. The normalized spacial score (nSPS) is 25.8. The maximum Gasteiger partial charge on any atom is 0.273 e. The number of aliphatic imine (C=N–C) groups is 1. The van der Waals surface area contributed by atoms with Crippen LogP contribution >= 0.6 is 0 Å². The van der Waals surface area contributed by atoms with E-state index in [0.717, 1.165) is 37.1 Å². The molecule has 6 nitrogen and oxygen atoms in total. The Hall–Kier alpha value is -2.97. The number of nitrogens with one attached hydrogen (secondary N) is 2. The Morgan fingerprint density at radius 3 is 2.50 bits per heavy atom. The smallest absolute Gasteiger partial charge is 0.273 e. The van der Waals surface area contributed by atoms with Gasteiger partial charge in [-0.25, -0.2) is 8.78 Å². The highest BCUT2D eigenvalue weighted by molar-refractivity contribution is 6.16. The number of hydrogen-bond donors (Lipinski definition) is 2. The fourth-order valence-electron chi connectivity index (χ4n) is 5.57. The van der Waals surface area contributed by atoms with Crippen molar-refractivity contribution in [2.45, 2.75) is 71.4 Å². The number of hydrogen-bond acceptors (Lipinski definition) is 4. The van der Waals surface area contributed by atoms with Gasteiger partial charge in [-0.1, -0.05) is 32.1 Å². The number of likely N-dealkylation sites (tertiary alicyclic amines) is 1. The molecule has 8 heteroatoms. The molecule has 2 aliphatic heterocycles. The summed E-state index contributed by atoms with van der Waals surface area (Å²) in [6, 6.07) is 3.87. The van der Waals surface area contributed by atoms with E-state index < -0.39 is 5.92 Å². The Kier molecular flexibility index (Phi) is 8.43. The molecule has 0 spiro atoms. The molecule has 0 aromatic carbocycles. The molecule has 2 N–H and O–H groups in total. The van der Waals surface area contributed by atoms with Gasteiger partial charge in [0.25, 0.3) is 11.8 Å². The molecule has 1 aromatic rings. The summed E-state index contributed by atoms with van der Waals surface area (Å²) in [6.45, 7) is 9.33. The maximum absolute atomic E-state index is 15.2. The molecule has 2 fully saturated rings. The maximum atomic E-state index is 15.2. The van der Waals surface area contributed by atoms with Crippen molar-refractivity contribution in [2.75, 3.05) is 26.7 Å². The summed E-state index contributed by atoms with van der Waals surface area (Å²) in [4.78, 5) is 22.4. The second-order valence-electron chi connectivity index (χ2n) is 10.7. The number of carbonyl (C=O) groups is 1. The summed E-state index contributed by atoms with van der Waals surface area (Å²) in [5, 5.41) is 6.59. The van der Waals surface area contributed by atoms with Crippen molar-refractivity contribution in [2.24, 2.45) is 4.99 Å². The third kappa shape index (κ3) is 5.86. The van der Waals surface area contributed by atoms with Crippen LogP contribution < -0.4 is 15.1 Å². The quantitative estimate of drug-likeness (QED) is 0.196. The van der Waals surface area contributed by atoms with Gasteiger partial charge in [-0.3, -0.25) is 14.3 Å². The van der Waals surface area contributed by atoms with E-state index in [1.165, 1.54) is 13.0 Å². The van der Waals surface area contributed by atoms with Crippen LogP contribution in [0.15, 0.2) is 58.7 Å². The van der Waals surface area contributed by atoms with E-state index in [4.69, 9.17) is 4.98 Å². The molecular weight excluding hydrogens is 484 g/mol. The zero-order valence-electron chi connectivity index (χ0n) is 23.2. The molecule has 2 bridgehead atoms. The number of fused-ring (bicyclic) bond motifs is 2. The summed E-state index contributed by atoms with van der Waals surface area (Å²) < 4.78 is 30.8. The van der Waals surface area contributed by atoms with Crippen LogP contribution in [0.1, 0.15) is 64.6 Å². The highest BCUT2D eigenvalue weighted by Gasteiger charge is 2.44. The van der Waals surface area contributed by atoms with Gasteiger partial charge in [-0.15, -0.1) is 0 Å². The van der Waals surface area contributed by atoms with Gasteiger partial charge in [0.1, 0.15) is 5.84 Å². The predicted octanol–water partition coefficient (Wildman–Crippen LogP) is 5.43. The van der Waals surface area contributed by atoms with Crippen molar-refractivity contribution in [3.05, 3.63) is 64.9 Å². The van der Waals surface area contributed by atoms with E-state index in [9.17, 15) is 4.79 Å². The first-order valence-electron chi connectivity index (χ1n) is 13.7. The first-order chi connectivity index (χ1) is 18.1. The van der Waals surface area contributed by atoms with Crippen LogP contribution in [0, 0.1) is 0 Å². The number of allylic oxidation sites excluding steroid dienone is 4. The number of amidine groups is 1. The fraction of sp³-hybridized carbons (Fsp3) is 0.500. The van der Waals surface area contributed by atoms with Gasteiger partial charge in [0.05, 0.1) is 44.5 Å². The molecule has 2 atom stereocenters. The molecule has 2 saturated heterocycles. The molecule has 4 rings (SSSR count). The van der Waals surface area contributed by atoms with E-state index in [1.54, 1.807) is 18.2 Å². The van der Waals surface area contributed by atoms with Crippen LogP contribution in [0.5, 0.6) is 0 Å². The zero-order chi connectivity index (χ0) is 27.5. The molecule has 2 unspecified atom stereocenters. The van der Waals surface area contributed by atoms with Crippen LogP contribution in [0.3, 0.4) is 0 Å². The number of nitrogens with zero attached hydrogens (tertiary/aromatic N) is 3. The topological polar surface area (TPSA) is 66.4 Å². The van der Waals surface area contributed by atoms with E-state index in [0.29, 0.717) is 52.5 Å². The highest BCUT2D eigenvalue weighted by atomic mass is 19.3. The number of alkyl halides is 2. The van der Waals surface area contributed by atoms with Crippen molar-refractivity contribution in [1.82, 2.24) is 20.1 Å². The lowest BCUT2D eigenvalue weighted by Gasteiger charge is -2.40. The van der Waals surface area contributed by atoms with Crippen LogP contribution in [0.2, 0.25) is 0 Å². The van der Waals surface area contributed by atoms with Crippen molar-refractivity contribution in [3.63, 3.8) is 0 Å². The molecule has 1 aromatic heterocycles. The Morgan fingerprint density at radius 2 is 1.95 bits per heavy atom. The van der Waals surface area contributed by atoms with Crippen molar-refractivity contribution < 1.29 is 13.6 Å². The Morgan fingerprint density at radius 1 is 1.26 bits per heavy atom. The minimum absolute atomic E-state index is 0.0127. The number of piperazine rings is 1. The van der Waals surface area contributed by atoms with Gasteiger partial charge in [-0.05, 0) is 62.5 Å². The molecule has 0 saturated carbocycles. The molecule has 1 amide bonds. The number of likely N-dealkylation sites (N-methyl/N-ethyl adjacent to an activating group) is 1. The largest absolute Gasteiger partial charge is 0.307 e. The third-order valence-corrected chi connectivity index (χ3v) is 7.93. The van der Waals surface area contributed by atoms with Gasteiger partial charge in [0.15, 0.2) is 0 Å². The molecule has 3 aliphatic rings. The molecule has 1 aliphatic carbocycles. The Balaban J connectivity index is 1.80. The lowest BCUT2D eigenvalue weighted by atomic mass is 9.98. The predicted molar refractivity (Wildman–Crippen MR) is 151 cm³/mol. The zero-order valence-corrected chi connectivity index (χ0v) is 23.2. The standard InChI is InChI=1S/C30H39F2N5O/c1-6-9-15-33-28(36-29(38)21-11-10-12-21)25(7-2)20(4)26-16-22(30(31,32)8-3)17-27(35-26)37(5)18-23-13-14-24(19-37)34-23/h6,9-12,16-17,23-24,34H,7-8,13-15,18-19H2,1-5H3/p+1/b9-6-,25-20+. The van der Waals surface area contributed by atoms with Crippen LogP contribution in [0.4, 0.5) is 14.6 Å². The molecule has 0 radical (unpaired) electrons. The highest BCUT2D eigenvalue weighted by Crippen LogP contribution is 2.38. The fourth-order valence-corrected chi connectivity index (χ4v) is 5.57. The number of amides is 1. The number of pyridine rings is 1.